The molecule has 6 heteroatoms. The lowest BCUT2D eigenvalue weighted by molar-refractivity contribution is 0.238. The van der Waals surface area contributed by atoms with Gasteiger partial charge in [-0.25, -0.2) is 4.98 Å². The highest BCUT2D eigenvalue weighted by molar-refractivity contribution is 5.79. The van der Waals surface area contributed by atoms with Crippen molar-refractivity contribution in [3.05, 3.63) is 59.8 Å². The zero-order valence-electron chi connectivity index (χ0n) is 17.8. The van der Waals surface area contributed by atoms with E-state index in [0.717, 1.165) is 37.0 Å². The van der Waals surface area contributed by atoms with Crippen molar-refractivity contribution in [3.8, 4) is 0 Å². The maximum absolute atomic E-state index is 4.62. The average Bonchev–Trinajstić information content (AvgIpc) is 2.71. The Hall–Kier alpha value is -2.60. The molecule has 1 aromatic carbocycles. The third-order valence-corrected chi connectivity index (χ3v) is 4.79. The monoisotopic (exact) mass is 382 g/mol. The summed E-state index contributed by atoms with van der Waals surface area (Å²) in [6.07, 6.45) is 1.04. The van der Waals surface area contributed by atoms with Gasteiger partial charge in [0.2, 0.25) is 0 Å². The molecule has 0 aliphatic carbocycles. The molecule has 28 heavy (non-hydrogen) atoms. The first kappa shape index (κ1) is 21.7. The quantitative estimate of drug-likeness (QED) is 0.516. The van der Waals surface area contributed by atoms with Crippen LogP contribution >= 0.6 is 0 Å². The van der Waals surface area contributed by atoms with Crippen LogP contribution in [0.25, 0.3) is 0 Å². The number of benzene rings is 1. The summed E-state index contributed by atoms with van der Waals surface area (Å²) in [5.74, 6) is 1.76. The molecule has 0 saturated carbocycles. The molecule has 2 aromatic rings. The molecule has 0 saturated heterocycles. The van der Waals surface area contributed by atoms with Crippen molar-refractivity contribution < 1.29 is 0 Å². The second-order valence-corrected chi connectivity index (χ2v) is 7.27. The van der Waals surface area contributed by atoms with Crippen LogP contribution in [0.1, 0.15) is 24.6 Å². The fourth-order valence-electron chi connectivity index (χ4n) is 2.86. The highest BCUT2D eigenvalue weighted by Crippen LogP contribution is 2.08. The van der Waals surface area contributed by atoms with Crippen LogP contribution < -0.4 is 15.5 Å². The fourth-order valence-corrected chi connectivity index (χ4v) is 2.86. The predicted molar refractivity (Wildman–Crippen MR) is 119 cm³/mol. The van der Waals surface area contributed by atoms with Crippen molar-refractivity contribution in [2.45, 2.75) is 32.5 Å². The van der Waals surface area contributed by atoms with Gasteiger partial charge in [-0.15, -0.1) is 0 Å². The van der Waals surface area contributed by atoms with Crippen molar-refractivity contribution in [1.82, 2.24) is 20.5 Å². The van der Waals surface area contributed by atoms with Gasteiger partial charge in [0.15, 0.2) is 5.96 Å². The number of guanidine groups is 1. The van der Waals surface area contributed by atoms with E-state index in [0.29, 0.717) is 12.6 Å². The third kappa shape index (κ3) is 7.19. The van der Waals surface area contributed by atoms with Crippen LogP contribution in [-0.4, -0.2) is 56.6 Å². The van der Waals surface area contributed by atoms with E-state index in [2.05, 4.69) is 69.8 Å². The normalized spacial score (nSPS) is 12.7. The molecule has 0 amide bonds. The van der Waals surface area contributed by atoms with Gasteiger partial charge in [0.1, 0.15) is 5.82 Å². The number of nitrogens with one attached hydrogen (secondary N) is 2. The third-order valence-electron chi connectivity index (χ3n) is 4.79. The van der Waals surface area contributed by atoms with Crippen molar-refractivity contribution in [2.75, 3.05) is 39.6 Å². The van der Waals surface area contributed by atoms with E-state index in [1.54, 1.807) is 7.05 Å². The molecule has 6 nitrogen and oxygen atoms in total. The zero-order chi connectivity index (χ0) is 20.4. The van der Waals surface area contributed by atoms with Crippen LogP contribution in [0.3, 0.4) is 0 Å². The number of rotatable bonds is 9. The smallest absolute Gasteiger partial charge is 0.191 e. The van der Waals surface area contributed by atoms with Crippen molar-refractivity contribution in [1.29, 1.82) is 0 Å². The number of aliphatic imine (C=N–C) groups is 1. The molecule has 0 spiro atoms. The van der Waals surface area contributed by atoms with Crippen molar-refractivity contribution in [2.24, 2.45) is 4.99 Å². The first-order valence-corrected chi connectivity index (χ1v) is 9.81. The van der Waals surface area contributed by atoms with Gasteiger partial charge in [0.05, 0.1) is 12.2 Å². The summed E-state index contributed by atoms with van der Waals surface area (Å²) in [6.45, 7) is 4.73. The van der Waals surface area contributed by atoms with E-state index in [-0.39, 0.29) is 0 Å². The molecule has 0 bridgehead atoms. The number of pyridine rings is 1. The molecular weight excluding hydrogens is 348 g/mol. The summed E-state index contributed by atoms with van der Waals surface area (Å²) in [5.41, 5.74) is 2.33. The molecule has 0 aliphatic heterocycles. The minimum atomic E-state index is 0.476. The maximum atomic E-state index is 4.62. The highest BCUT2D eigenvalue weighted by atomic mass is 15.2. The summed E-state index contributed by atoms with van der Waals surface area (Å²) < 4.78 is 0. The van der Waals surface area contributed by atoms with Crippen LogP contribution in [0, 0.1) is 0 Å². The Bertz CT molecular complexity index is 729. The first-order valence-electron chi connectivity index (χ1n) is 9.81. The fraction of sp³-hybridized carbons (Fsp3) is 0.455. The van der Waals surface area contributed by atoms with Gasteiger partial charge in [-0.05, 0) is 38.1 Å². The van der Waals surface area contributed by atoms with Crippen molar-refractivity contribution >= 4 is 11.8 Å². The van der Waals surface area contributed by atoms with Gasteiger partial charge < -0.3 is 15.5 Å². The number of nitrogens with zero attached hydrogens (tertiary/aromatic N) is 4. The van der Waals surface area contributed by atoms with Gasteiger partial charge in [0.25, 0.3) is 0 Å². The average molecular weight is 383 g/mol. The number of aromatic nitrogens is 1. The molecule has 0 aliphatic rings. The summed E-state index contributed by atoms with van der Waals surface area (Å²) in [5, 5.41) is 6.74. The lowest BCUT2D eigenvalue weighted by Crippen LogP contribution is -2.39. The summed E-state index contributed by atoms with van der Waals surface area (Å²) >= 11 is 0. The minimum Gasteiger partial charge on any atom is -0.363 e. The Morgan fingerprint density at radius 2 is 1.79 bits per heavy atom. The summed E-state index contributed by atoms with van der Waals surface area (Å²) in [6, 6.07) is 17.1. The van der Waals surface area contributed by atoms with Gasteiger partial charge in [0, 0.05) is 40.3 Å². The van der Waals surface area contributed by atoms with Gasteiger partial charge in [-0.3, -0.25) is 9.89 Å². The van der Waals surface area contributed by atoms with Crippen molar-refractivity contribution in [3.63, 3.8) is 0 Å². The van der Waals surface area contributed by atoms with E-state index in [4.69, 9.17) is 0 Å². The first-order chi connectivity index (χ1) is 13.5. The van der Waals surface area contributed by atoms with Crippen LogP contribution in [0.5, 0.6) is 0 Å². The molecule has 1 aromatic heterocycles. The molecular formula is C22H34N6. The number of hydrogen-bond donors (Lipinski definition) is 2. The molecule has 0 radical (unpaired) electrons. The Kier molecular flexibility index (Phi) is 8.75. The second-order valence-electron chi connectivity index (χ2n) is 7.27. The molecule has 1 heterocycles. The van der Waals surface area contributed by atoms with Crippen LogP contribution in [0.2, 0.25) is 0 Å². The van der Waals surface area contributed by atoms with Crippen LogP contribution in [-0.2, 0) is 13.1 Å². The Morgan fingerprint density at radius 1 is 1.04 bits per heavy atom. The summed E-state index contributed by atoms with van der Waals surface area (Å²) in [4.78, 5) is 13.3. The molecule has 1 atom stereocenters. The Labute approximate surface area is 169 Å². The SMILES string of the molecule is CN=C(NCCC(C)N(C)Cc1ccccc1)NCc1cccc(N(C)C)n1. The molecule has 152 valence electrons. The Balaban J connectivity index is 1.73. The molecule has 2 rings (SSSR count). The molecule has 1 unspecified atom stereocenters. The van der Waals surface area contributed by atoms with E-state index >= 15 is 0 Å². The van der Waals surface area contributed by atoms with E-state index in [9.17, 15) is 0 Å². The zero-order valence-corrected chi connectivity index (χ0v) is 17.8. The predicted octanol–water partition coefficient (Wildman–Crippen LogP) is 2.72. The topological polar surface area (TPSA) is 55.8 Å². The van der Waals surface area contributed by atoms with E-state index in [1.807, 2.05) is 37.2 Å². The Morgan fingerprint density at radius 3 is 2.46 bits per heavy atom. The standard InChI is InChI=1S/C22H34N6/c1-18(28(5)17-19-10-7-6-8-11-19)14-15-24-22(23-2)25-16-20-12-9-13-21(26-20)27(3)4/h6-13,18H,14-17H2,1-5H3,(H2,23,24,25). The second kappa shape index (κ2) is 11.3. The largest absolute Gasteiger partial charge is 0.363 e. The number of anilines is 1. The highest BCUT2D eigenvalue weighted by Gasteiger charge is 2.10. The molecule has 0 fully saturated rings. The van der Waals surface area contributed by atoms with Gasteiger partial charge in [-0.1, -0.05) is 36.4 Å². The van der Waals surface area contributed by atoms with Gasteiger partial charge in [-0.2, -0.15) is 0 Å². The minimum absolute atomic E-state index is 0.476. The van der Waals surface area contributed by atoms with Crippen LogP contribution in [0.4, 0.5) is 5.82 Å². The lowest BCUT2D eigenvalue weighted by atomic mass is 10.1. The molecule has 2 N–H and O–H groups in total. The maximum Gasteiger partial charge on any atom is 0.191 e. The van der Waals surface area contributed by atoms with Gasteiger partial charge >= 0.3 is 0 Å². The van der Waals surface area contributed by atoms with E-state index < -0.39 is 0 Å². The van der Waals surface area contributed by atoms with Crippen LogP contribution in [0.15, 0.2) is 53.5 Å². The lowest BCUT2D eigenvalue weighted by Gasteiger charge is -2.25. The van der Waals surface area contributed by atoms with E-state index in [1.165, 1.54) is 5.56 Å². The summed E-state index contributed by atoms with van der Waals surface area (Å²) in [7, 11) is 7.96. The number of hydrogen-bond acceptors (Lipinski definition) is 4.